The average molecular weight is 196 g/mol. The van der Waals surface area contributed by atoms with Gasteiger partial charge in [-0.2, -0.15) is 0 Å². The van der Waals surface area contributed by atoms with E-state index in [1.54, 1.807) is 11.3 Å². The molecule has 1 fully saturated rings. The fourth-order valence-electron chi connectivity index (χ4n) is 1.50. The summed E-state index contributed by atoms with van der Waals surface area (Å²) in [5.41, 5.74) is 7.24. The Labute approximate surface area is 83.2 Å². The number of thiazole rings is 1. The van der Waals surface area contributed by atoms with Gasteiger partial charge in [-0.1, -0.05) is 6.92 Å². The van der Waals surface area contributed by atoms with Crippen LogP contribution in [0.25, 0.3) is 0 Å². The number of aryl methyl sites for hydroxylation is 1. The van der Waals surface area contributed by atoms with Gasteiger partial charge in [0.15, 0.2) is 0 Å². The van der Waals surface area contributed by atoms with Gasteiger partial charge in [0.25, 0.3) is 0 Å². The first-order valence-electron chi connectivity index (χ1n) is 4.98. The molecule has 2 N–H and O–H groups in total. The van der Waals surface area contributed by atoms with Gasteiger partial charge in [0.2, 0.25) is 0 Å². The van der Waals surface area contributed by atoms with Crippen molar-refractivity contribution in [2.75, 3.05) is 0 Å². The van der Waals surface area contributed by atoms with Crippen LogP contribution in [0.4, 0.5) is 0 Å². The maximum atomic E-state index is 6.03. The molecular weight excluding hydrogens is 180 g/mol. The van der Waals surface area contributed by atoms with Crippen molar-refractivity contribution in [1.82, 2.24) is 4.98 Å². The lowest BCUT2D eigenvalue weighted by Gasteiger charge is -2.06. The summed E-state index contributed by atoms with van der Waals surface area (Å²) < 4.78 is 0. The van der Waals surface area contributed by atoms with Crippen LogP contribution in [0.3, 0.4) is 0 Å². The molecule has 72 valence electrons. The number of hydrogen-bond donors (Lipinski definition) is 1. The molecule has 13 heavy (non-hydrogen) atoms. The highest BCUT2D eigenvalue weighted by Gasteiger charge is 2.28. The normalized spacial score (nSPS) is 18.9. The highest BCUT2D eigenvalue weighted by Crippen LogP contribution is 2.33. The predicted molar refractivity (Wildman–Crippen MR) is 55.9 cm³/mol. The molecule has 1 unspecified atom stereocenters. The van der Waals surface area contributed by atoms with Crippen LogP contribution in [0.15, 0.2) is 5.38 Å². The fraction of sp³-hybridized carbons (Fsp3) is 0.700. The van der Waals surface area contributed by atoms with Crippen molar-refractivity contribution in [2.45, 2.75) is 38.6 Å². The zero-order valence-electron chi connectivity index (χ0n) is 7.99. The minimum absolute atomic E-state index is 0.357. The van der Waals surface area contributed by atoms with Crippen molar-refractivity contribution in [2.24, 2.45) is 11.7 Å². The van der Waals surface area contributed by atoms with Crippen molar-refractivity contribution in [1.29, 1.82) is 0 Å². The molecule has 0 bridgehead atoms. The highest BCUT2D eigenvalue weighted by atomic mass is 32.1. The number of aromatic nitrogens is 1. The summed E-state index contributed by atoms with van der Waals surface area (Å²) in [6.45, 7) is 2.14. The fourth-order valence-corrected chi connectivity index (χ4v) is 2.45. The summed E-state index contributed by atoms with van der Waals surface area (Å²) in [7, 11) is 0. The van der Waals surface area contributed by atoms with Crippen LogP contribution < -0.4 is 5.73 Å². The summed E-state index contributed by atoms with van der Waals surface area (Å²) in [5.74, 6) is 0.786. The van der Waals surface area contributed by atoms with E-state index < -0.39 is 0 Å². The van der Waals surface area contributed by atoms with E-state index in [2.05, 4.69) is 17.3 Å². The minimum Gasteiger partial charge on any atom is -0.327 e. The number of nitrogens with two attached hydrogens (primary N) is 1. The zero-order chi connectivity index (χ0) is 9.26. The molecule has 1 aromatic rings. The Morgan fingerprint density at radius 2 is 2.46 bits per heavy atom. The highest BCUT2D eigenvalue weighted by molar-refractivity contribution is 7.09. The molecule has 0 radical (unpaired) electrons. The maximum absolute atomic E-state index is 6.03. The van der Waals surface area contributed by atoms with Gasteiger partial charge >= 0.3 is 0 Å². The van der Waals surface area contributed by atoms with E-state index in [-0.39, 0.29) is 0 Å². The first kappa shape index (κ1) is 9.16. The molecule has 1 saturated carbocycles. The Bertz CT molecular complexity index is 278. The third-order valence-corrected chi connectivity index (χ3v) is 3.52. The Morgan fingerprint density at radius 1 is 1.69 bits per heavy atom. The average Bonchev–Trinajstić information content (AvgIpc) is 2.88. The molecule has 3 heteroatoms. The molecule has 0 amide bonds. The predicted octanol–water partition coefficient (Wildman–Crippen LogP) is 1.99. The summed E-state index contributed by atoms with van der Waals surface area (Å²) in [4.78, 5) is 4.52. The molecule has 0 aliphatic heterocycles. The van der Waals surface area contributed by atoms with Gasteiger partial charge in [-0.05, 0) is 25.2 Å². The third-order valence-electron chi connectivity index (χ3n) is 2.60. The molecule has 1 atom stereocenters. The quantitative estimate of drug-likeness (QED) is 0.799. The molecular formula is C10H16N2S. The van der Waals surface area contributed by atoms with Gasteiger partial charge in [-0.25, -0.2) is 4.98 Å². The molecule has 0 saturated heterocycles. The van der Waals surface area contributed by atoms with Gasteiger partial charge in [-0.3, -0.25) is 0 Å². The van der Waals surface area contributed by atoms with Gasteiger partial charge in [0, 0.05) is 17.8 Å². The Kier molecular flexibility index (Phi) is 2.65. The van der Waals surface area contributed by atoms with Crippen LogP contribution in [-0.2, 0) is 12.8 Å². The number of nitrogens with zero attached hydrogens (tertiary/aromatic N) is 1. The van der Waals surface area contributed by atoms with Gasteiger partial charge in [0.1, 0.15) is 0 Å². The minimum atomic E-state index is 0.357. The molecule has 2 nitrogen and oxygen atoms in total. The maximum Gasteiger partial charge on any atom is 0.0943 e. The van der Waals surface area contributed by atoms with Gasteiger partial charge < -0.3 is 5.73 Å². The number of rotatable bonds is 4. The van der Waals surface area contributed by atoms with Crippen molar-refractivity contribution >= 4 is 11.3 Å². The third kappa shape index (κ3) is 2.29. The Morgan fingerprint density at radius 3 is 3.00 bits per heavy atom. The standard InChI is InChI=1S/C10H16N2S/c1-2-8-6-13-10(12-8)5-9(11)7-3-4-7/h6-7,9H,2-5,11H2,1H3. The molecule has 0 spiro atoms. The zero-order valence-corrected chi connectivity index (χ0v) is 8.81. The monoisotopic (exact) mass is 196 g/mol. The molecule has 1 aromatic heterocycles. The van der Waals surface area contributed by atoms with E-state index in [4.69, 9.17) is 5.73 Å². The summed E-state index contributed by atoms with van der Waals surface area (Å²) >= 11 is 1.76. The summed E-state index contributed by atoms with van der Waals surface area (Å²) in [6, 6.07) is 0.357. The van der Waals surface area contributed by atoms with Crippen LogP contribution >= 0.6 is 11.3 Å². The van der Waals surface area contributed by atoms with E-state index in [0.29, 0.717) is 6.04 Å². The van der Waals surface area contributed by atoms with Crippen molar-refractivity contribution in [3.63, 3.8) is 0 Å². The smallest absolute Gasteiger partial charge is 0.0943 e. The lowest BCUT2D eigenvalue weighted by molar-refractivity contribution is 0.589. The summed E-state index contributed by atoms with van der Waals surface area (Å²) in [6.07, 6.45) is 4.67. The van der Waals surface area contributed by atoms with Crippen molar-refractivity contribution in [3.8, 4) is 0 Å². The van der Waals surface area contributed by atoms with E-state index in [1.807, 2.05) is 0 Å². The molecule has 1 heterocycles. The van der Waals surface area contributed by atoms with E-state index in [1.165, 1.54) is 23.5 Å². The lowest BCUT2D eigenvalue weighted by Crippen LogP contribution is -2.24. The van der Waals surface area contributed by atoms with Gasteiger partial charge in [0.05, 0.1) is 10.7 Å². The largest absolute Gasteiger partial charge is 0.327 e. The van der Waals surface area contributed by atoms with Crippen molar-refractivity contribution < 1.29 is 0 Å². The van der Waals surface area contributed by atoms with Crippen LogP contribution in [0.5, 0.6) is 0 Å². The SMILES string of the molecule is CCc1csc(CC(N)C2CC2)n1. The Hall–Kier alpha value is -0.410. The number of hydrogen-bond acceptors (Lipinski definition) is 3. The molecule has 2 rings (SSSR count). The van der Waals surface area contributed by atoms with Crippen molar-refractivity contribution in [3.05, 3.63) is 16.1 Å². The topological polar surface area (TPSA) is 38.9 Å². The lowest BCUT2D eigenvalue weighted by atomic mass is 10.1. The van der Waals surface area contributed by atoms with E-state index in [0.717, 1.165) is 18.8 Å². The summed E-state index contributed by atoms with van der Waals surface area (Å²) in [5, 5.41) is 3.37. The molecule has 1 aliphatic carbocycles. The van der Waals surface area contributed by atoms with Crippen LogP contribution in [0.2, 0.25) is 0 Å². The first-order valence-corrected chi connectivity index (χ1v) is 5.86. The second-order valence-electron chi connectivity index (χ2n) is 3.79. The second kappa shape index (κ2) is 3.76. The van der Waals surface area contributed by atoms with E-state index in [9.17, 15) is 0 Å². The van der Waals surface area contributed by atoms with E-state index >= 15 is 0 Å². The molecule has 0 aromatic carbocycles. The van der Waals surface area contributed by atoms with Gasteiger partial charge in [-0.15, -0.1) is 11.3 Å². The van der Waals surface area contributed by atoms with Crippen LogP contribution in [0, 0.1) is 5.92 Å². The van der Waals surface area contributed by atoms with Crippen LogP contribution in [0.1, 0.15) is 30.5 Å². The molecule has 1 aliphatic rings. The van der Waals surface area contributed by atoms with Crippen LogP contribution in [-0.4, -0.2) is 11.0 Å². The second-order valence-corrected chi connectivity index (χ2v) is 4.73. The first-order chi connectivity index (χ1) is 6.29. The Balaban J connectivity index is 1.92.